The molecule has 3 aromatic heterocycles. The summed E-state index contributed by atoms with van der Waals surface area (Å²) in [6, 6.07) is 69.5. The van der Waals surface area contributed by atoms with E-state index in [1.807, 2.05) is 6.07 Å². The maximum atomic E-state index is 7.07. The predicted octanol–water partition coefficient (Wildman–Crippen LogP) is 16.7. The first-order chi connectivity index (χ1) is 33.6. The number of fused-ring (bicyclic) bond motifs is 12. The molecule has 0 bridgehead atoms. The van der Waals surface area contributed by atoms with Crippen LogP contribution in [0.5, 0.6) is 0 Å². The van der Waals surface area contributed by atoms with Gasteiger partial charge in [-0.3, -0.25) is 4.99 Å². The van der Waals surface area contributed by atoms with Crippen molar-refractivity contribution in [3.63, 3.8) is 0 Å². The van der Waals surface area contributed by atoms with Crippen LogP contribution in [0.15, 0.2) is 219 Å². The van der Waals surface area contributed by atoms with Gasteiger partial charge in [-0.25, -0.2) is 4.99 Å². The molecule has 0 saturated carbocycles. The highest BCUT2D eigenvalue weighted by atomic mass is 16.3. The Hall–Kier alpha value is -8.28. The molecule has 5 heteroatoms. The molecular formula is C63H45N3O2. The molecule has 2 aliphatic rings. The maximum absolute atomic E-state index is 7.07. The molecule has 0 radical (unpaired) electrons. The van der Waals surface area contributed by atoms with Gasteiger partial charge in [0.05, 0.1) is 28.5 Å². The Morgan fingerprint density at radius 2 is 1.19 bits per heavy atom. The molecule has 0 fully saturated rings. The minimum absolute atomic E-state index is 0.0217. The zero-order chi connectivity index (χ0) is 45.0. The Bertz CT molecular complexity index is 4120. The van der Waals surface area contributed by atoms with Gasteiger partial charge in [0.1, 0.15) is 28.3 Å². The Kier molecular flexibility index (Phi) is 8.66. The molecule has 9 aromatic carbocycles. The number of hydrogen-bond acceptors (Lipinski definition) is 4. The number of rotatable bonds is 6. The maximum Gasteiger partial charge on any atom is 0.140 e. The van der Waals surface area contributed by atoms with Gasteiger partial charge in [0.2, 0.25) is 0 Å². The van der Waals surface area contributed by atoms with Gasteiger partial charge in [0.25, 0.3) is 0 Å². The number of benzene rings is 9. The zero-order valence-corrected chi connectivity index (χ0v) is 37.7. The first-order valence-corrected chi connectivity index (χ1v) is 23.9. The lowest BCUT2D eigenvalue weighted by Gasteiger charge is -2.34. The van der Waals surface area contributed by atoms with Crippen LogP contribution in [-0.2, 0) is 0 Å². The smallest absolute Gasteiger partial charge is 0.140 e. The standard InChI is InChI=1S/C63H45N3O2/c1-3-44-59(43-23-15-22-40(33-43)38-17-5-4-6-18-38)64-63(65-60(44)49-28-16-27-47-46-25-11-13-29-55(46)68-62(47)49)50-36-54(58-48-26-12-14-30-56(48)67-61(58)37(50)2)66-52-32-31-39-19-9-10-24-45(39)57(52)51-34-41-20-7-8-21-42(41)35-53(51)66/h4-37,44,50,60H,3H2,1-2H3. The van der Waals surface area contributed by atoms with Gasteiger partial charge >= 0.3 is 0 Å². The average molecular weight is 876 g/mol. The van der Waals surface area contributed by atoms with E-state index < -0.39 is 0 Å². The molecular weight excluding hydrogens is 831 g/mol. The van der Waals surface area contributed by atoms with Gasteiger partial charge in [0, 0.05) is 55.8 Å². The van der Waals surface area contributed by atoms with Crippen LogP contribution in [0.2, 0.25) is 0 Å². The summed E-state index contributed by atoms with van der Waals surface area (Å²) in [6.45, 7) is 4.56. The van der Waals surface area contributed by atoms with Crippen molar-refractivity contribution in [3.05, 3.63) is 223 Å². The summed E-state index contributed by atoms with van der Waals surface area (Å²) in [5.41, 5.74) is 12.7. The van der Waals surface area contributed by atoms with Crippen LogP contribution in [-0.4, -0.2) is 16.1 Å². The summed E-state index contributed by atoms with van der Waals surface area (Å²) >= 11 is 0. The molecule has 5 nitrogen and oxygen atoms in total. The van der Waals surface area contributed by atoms with Crippen molar-refractivity contribution in [1.29, 1.82) is 0 Å². The van der Waals surface area contributed by atoms with Gasteiger partial charge < -0.3 is 13.4 Å². The number of amidine groups is 1. The highest BCUT2D eigenvalue weighted by Gasteiger charge is 2.40. The summed E-state index contributed by atoms with van der Waals surface area (Å²) in [7, 11) is 0. The van der Waals surface area contributed by atoms with E-state index in [4.69, 9.17) is 18.8 Å². The van der Waals surface area contributed by atoms with Crippen molar-refractivity contribution >= 4 is 93.5 Å². The number of furan rings is 2. The molecule has 4 atom stereocenters. The van der Waals surface area contributed by atoms with Crippen molar-refractivity contribution in [2.45, 2.75) is 32.2 Å². The van der Waals surface area contributed by atoms with E-state index in [9.17, 15) is 0 Å². The van der Waals surface area contributed by atoms with Crippen molar-refractivity contribution in [3.8, 4) is 11.1 Å². The number of nitrogens with zero attached hydrogens (tertiary/aromatic N) is 3. The Labute approximate surface area is 393 Å². The lowest BCUT2D eigenvalue weighted by atomic mass is 9.79. The van der Waals surface area contributed by atoms with Gasteiger partial charge in [-0.05, 0) is 87.1 Å². The second kappa shape index (κ2) is 15.1. The monoisotopic (exact) mass is 875 g/mol. The van der Waals surface area contributed by atoms with Crippen LogP contribution in [0.1, 0.15) is 54.7 Å². The number of hydrogen-bond donors (Lipinski definition) is 0. The number of aromatic nitrogens is 1. The third kappa shape index (κ3) is 5.81. The fraction of sp³-hybridized carbons (Fsp3) is 0.111. The molecule has 1 aliphatic heterocycles. The van der Waals surface area contributed by atoms with Crippen LogP contribution >= 0.6 is 0 Å². The molecule has 0 spiro atoms. The molecule has 14 rings (SSSR count). The fourth-order valence-corrected chi connectivity index (χ4v) is 11.7. The predicted molar refractivity (Wildman–Crippen MR) is 282 cm³/mol. The summed E-state index contributed by atoms with van der Waals surface area (Å²) in [5, 5.41) is 10.7. The van der Waals surface area contributed by atoms with E-state index in [-0.39, 0.29) is 23.8 Å². The molecule has 0 saturated heterocycles. The summed E-state index contributed by atoms with van der Waals surface area (Å²) in [4.78, 5) is 11.7. The second-order valence-corrected chi connectivity index (χ2v) is 18.6. The molecule has 4 heterocycles. The quantitative estimate of drug-likeness (QED) is 0.167. The number of para-hydroxylation sites is 3. The van der Waals surface area contributed by atoms with Crippen molar-refractivity contribution < 1.29 is 8.83 Å². The van der Waals surface area contributed by atoms with E-state index in [2.05, 4.69) is 213 Å². The molecule has 68 heavy (non-hydrogen) atoms. The zero-order valence-electron chi connectivity index (χ0n) is 37.7. The van der Waals surface area contributed by atoms with Crippen molar-refractivity contribution in [1.82, 2.24) is 4.57 Å². The van der Waals surface area contributed by atoms with Crippen molar-refractivity contribution in [2.24, 2.45) is 21.8 Å². The first kappa shape index (κ1) is 38.9. The van der Waals surface area contributed by atoms with E-state index in [0.29, 0.717) is 0 Å². The summed E-state index contributed by atoms with van der Waals surface area (Å²) < 4.78 is 16.4. The normalized spacial score (nSPS) is 18.5. The van der Waals surface area contributed by atoms with E-state index >= 15 is 0 Å². The van der Waals surface area contributed by atoms with Crippen LogP contribution in [0.25, 0.3) is 93.1 Å². The van der Waals surface area contributed by atoms with Gasteiger partial charge in [-0.15, -0.1) is 0 Å². The molecule has 324 valence electrons. The SMILES string of the molecule is CCC1C(c2cccc(-c3ccccc3)c2)=NC(C2C=C(n3c4cc5ccccc5cc4c4c5ccccc5ccc43)c3c(oc4ccccc34)C2C)=NC1c1cccc2c1oc1ccccc12. The van der Waals surface area contributed by atoms with Gasteiger partial charge in [-0.2, -0.15) is 0 Å². The van der Waals surface area contributed by atoms with Gasteiger partial charge in [-0.1, -0.05) is 172 Å². The van der Waals surface area contributed by atoms with E-state index in [0.717, 1.165) is 95.6 Å². The minimum atomic E-state index is -0.265. The lowest BCUT2D eigenvalue weighted by molar-refractivity contribution is 0.469. The third-order valence-corrected chi connectivity index (χ3v) is 14.9. The van der Waals surface area contributed by atoms with Gasteiger partial charge in [0.15, 0.2) is 0 Å². The second-order valence-electron chi connectivity index (χ2n) is 18.6. The average Bonchev–Trinajstić information content (AvgIpc) is 4.08. The molecule has 0 amide bonds. The van der Waals surface area contributed by atoms with Crippen LogP contribution in [0.4, 0.5) is 0 Å². The third-order valence-electron chi connectivity index (χ3n) is 14.9. The van der Waals surface area contributed by atoms with Crippen molar-refractivity contribution in [2.75, 3.05) is 0 Å². The van der Waals surface area contributed by atoms with Crippen LogP contribution in [0.3, 0.4) is 0 Å². The Morgan fingerprint density at radius 1 is 0.529 bits per heavy atom. The molecule has 4 unspecified atom stereocenters. The summed E-state index contributed by atoms with van der Waals surface area (Å²) in [5.74, 6) is 1.39. The highest BCUT2D eigenvalue weighted by Crippen LogP contribution is 2.50. The van der Waals surface area contributed by atoms with Crippen LogP contribution < -0.4 is 0 Å². The largest absolute Gasteiger partial charge is 0.460 e. The first-order valence-electron chi connectivity index (χ1n) is 23.9. The lowest BCUT2D eigenvalue weighted by Crippen LogP contribution is -2.32. The minimum Gasteiger partial charge on any atom is -0.460 e. The Balaban J connectivity index is 1.05. The molecule has 1 aliphatic carbocycles. The fourth-order valence-electron chi connectivity index (χ4n) is 11.7. The van der Waals surface area contributed by atoms with Crippen LogP contribution in [0, 0.1) is 11.8 Å². The highest BCUT2D eigenvalue weighted by molar-refractivity contribution is 6.24. The summed E-state index contributed by atoms with van der Waals surface area (Å²) in [6.07, 6.45) is 3.30. The Morgan fingerprint density at radius 3 is 2.01 bits per heavy atom. The van der Waals surface area contributed by atoms with E-state index in [1.54, 1.807) is 0 Å². The number of aliphatic imine (C=N–C) groups is 2. The molecule has 0 N–H and O–H groups in total. The topological polar surface area (TPSA) is 55.9 Å². The molecule has 12 aromatic rings. The van der Waals surface area contributed by atoms with E-state index in [1.165, 1.54) is 37.9 Å².